The molecular formula is C60H42N2Si. The van der Waals surface area contributed by atoms with Crippen molar-refractivity contribution in [2.75, 3.05) is 0 Å². The first-order chi connectivity index (χ1) is 31.3. The highest BCUT2D eigenvalue weighted by molar-refractivity contribution is 7.20. The lowest BCUT2D eigenvalue weighted by atomic mass is 10.0. The van der Waals surface area contributed by atoms with E-state index in [1.807, 2.05) is 0 Å². The zero-order chi connectivity index (χ0) is 41.7. The van der Waals surface area contributed by atoms with Crippen molar-refractivity contribution in [3.8, 4) is 33.6 Å². The molecule has 12 aromatic rings. The van der Waals surface area contributed by atoms with Gasteiger partial charge in [-0.05, 0) is 50.1 Å². The fourth-order valence-electron chi connectivity index (χ4n) is 10.5. The maximum atomic E-state index is 2.65. The largest absolute Gasteiger partial charge is 0.307 e. The third-order valence-corrected chi connectivity index (χ3v) is 17.9. The summed E-state index contributed by atoms with van der Waals surface area (Å²) in [6, 6.07) is 94.4. The van der Waals surface area contributed by atoms with Crippen LogP contribution in [0.2, 0.25) is 0 Å². The summed E-state index contributed by atoms with van der Waals surface area (Å²) >= 11 is 0. The Morgan fingerprint density at radius 2 is 0.667 bits per heavy atom. The molecule has 12 rings (SSSR count). The molecule has 0 unspecified atom stereocenters. The van der Waals surface area contributed by atoms with Crippen molar-refractivity contribution in [3.05, 3.63) is 255 Å². The number of benzene rings is 10. The van der Waals surface area contributed by atoms with Crippen LogP contribution in [0.1, 0.15) is 0 Å². The van der Waals surface area contributed by atoms with Gasteiger partial charge in [0.05, 0.1) is 33.4 Å². The number of para-hydroxylation sites is 5. The van der Waals surface area contributed by atoms with Gasteiger partial charge in [-0.15, -0.1) is 0 Å². The van der Waals surface area contributed by atoms with Gasteiger partial charge in [-0.25, -0.2) is 0 Å². The molecule has 0 amide bonds. The Morgan fingerprint density at radius 3 is 1.29 bits per heavy atom. The van der Waals surface area contributed by atoms with Crippen LogP contribution in [-0.4, -0.2) is 17.2 Å². The molecule has 10 aromatic carbocycles. The highest BCUT2D eigenvalue weighted by Gasteiger charge is 2.43. The molecule has 63 heavy (non-hydrogen) atoms. The number of hydrogen-bond acceptors (Lipinski definition) is 0. The third-order valence-electron chi connectivity index (χ3n) is 13.1. The molecule has 2 aromatic heterocycles. The second-order valence-electron chi connectivity index (χ2n) is 16.4. The van der Waals surface area contributed by atoms with Gasteiger partial charge in [0, 0.05) is 32.7 Å². The van der Waals surface area contributed by atoms with Gasteiger partial charge in [-0.3, -0.25) is 0 Å². The first-order valence-electron chi connectivity index (χ1n) is 21.8. The molecule has 0 saturated carbocycles. The predicted octanol–water partition coefficient (Wildman–Crippen LogP) is 12.6. The summed E-state index contributed by atoms with van der Waals surface area (Å²) in [5, 5.41) is 10.3. The smallest absolute Gasteiger partial charge is 0.181 e. The summed E-state index contributed by atoms with van der Waals surface area (Å²) in [6.07, 6.45) is 0. The van der Waals surface area contributed by atoms with Crippen LogP contribution in [-0.2, 0) is 0 Å². The molecule has 0 bridgehead atoms. The Hall–Kier alpha value is -7.98. The normalized spacial score (nSPS) is 11.8. The molecule has 0 spiro atoms. The summed E-state index contributed by atoms with van der Waals surface area (Å²) in [6.45, 7) is 0. The van der Waals surface area contributed by atoms with Crippen molar-refractivity contribution >= 4 is 72.4 Å². The van der Waals surface area contributed by atoms with E-state index in [2.05, 4.69) is 264 Å². The molecule has 296 valence electrons. The molecule has 2 nitrogen and oxygen atoms in total. The first-order valence-corrected chi connectivity index (χ1v) is 23.8. The highest BCUT2D eigenvalue weighted by Crippen LogP contribution is 2.43. The number of aromatic nitrogens is 2. The molecule has 0 saturated heterocycles. The maximum absolute atomic E-state index is 3.05. The lowest BCUT2D eigenvalue weighted by molar-refractivity contribution is 1.13. The molecular weight excluding hydrogens is 777 g/mol. The van der Waals surface area contributed by atoms with Crippen LogP contribution in [0.5, 0.6) is 0 Å². The number of fused-ring (bicyclic) bond motifs is 6. The van der Waals surface area contributed by atoms with Crippen LogP contribution in [0.25, 0.3) is 77.2 Å². The summed E-state index contributed by atoms with van der Waals surface area (Å²) in [5.41, 5.74) is 11.8. The Balaban J connectivity index is 1.32. The van der Waals surface area contributed by atoms with Crippen LogP contribution in [0.15, 0.2) is 255 Å². The summed E-state index contributed by atoms with van der Waals surface area (Å²) in [5.74, 6) is 0. The molecule has 0 aliphatic carbocycles. The average molecular weight is 819 g/mol. The zero-order valence-corrected chi connectivity index (χ0v) is 35.6. The first kappa shape index (κ1) is 36.8. The van der Waals surface area contributed by atoms with E-state index < -0.39 is 8.07 Å². The maximum Gasteiger partial charge on any atom is 0.181 e. The van der Waals surface area contributed by atoms with Crippen molar-refractivity contribution < 1.29 is 0 Å². The Bertz CT molecular complexity index is 3500. The number of rotatable bonds is 8. The van der Waals surface area contributed by atoms with Gasteiger partial charge >= 0.3 is 0 Å². The van der Waals surface area contributed by atoms with Crippen molar-refractivity contribution in [2.45, 2.75) is 0 Å². The van der Waals surface area contributed by atoms with E-state index in [9.17, 15) is 0 Å². The molecule has 0 atom stereocenters. The van der Waals surface area contributed by atoms with Gasteiger partial charge in [-0.1, -0.05) is 237 Å². The summed E-state index contributed by atoms with van der Waals surface area (Å²) in [4.78, 5) is 0. The molecule has 0 aliphatic rings. The predicted molar refractivity (Wildman–Crippen MR) is 270 cm³/mol. The molecule has 0 N–H and O–H groups in total. The monoisotopic (exact) mass is 818 g/mol. The topological polar surface area (TPSA) is 9.86 Å². The van der Waals surface area contributed by atoms with Crippen molar-refractivity contribution in [1.82, 2.24) is 9.13 Å². The van der Waals surface area contributed by atoms with E-state index in [1.54, 1.807) is 0 Å². The Labute approximate surface area is 368 Å². The van der Waals surface area contributed by atoms with Crippen LogP contribution in [0.4, 0.5) is 0 Å². The second kappa shape index (κ2) is 15.2. The Kier molecular flexibility index (Phi) is 8.87. The van der Waals surface area contributed by atoms with E-state index >= 15 is 0 Å². The van der Waals surface area contributed by atoms with Crippen LogP contribution < -0.4 is 20.7 Å². The Morgan fingerprint density at radius 1 is 0.254 bits per heavy atom. The highest BCUT2D eigenvalue weighted by atomic mass is 28.3. The minimum Gasteiger partial charge on any atom is -0.307 e. The lowest BCUT2D eigenvalue weighted by Gasteiger charge is -2.35. The summed E-state index contributed by atoms with van der Waals surface area (Å²) < 4.78 is 5.19. The quantitative estimate of drug-likeness (QED) is 0.107. The van der Waals surface area contributed by atoms with Gasteiger partial charge in [0.25, 0.3) is 0 Å². The van der Waals surface area contributed by atoms with Crippen LogP contribution in [0, 0.1) is 0 Å². The average Bonchev–Trinajstić information content (AvgIpc) is 3.89. The van der Waals surface area contributed by atoms with E-state index in [1.165, 1.54) is 86.6 Å². The molecule has 0 radical (unpaired) electrons. The van der Waals surface area contributed by atoms with Gasteiger partial charge in [0.2, 0.25) is 0 Å². The molecule has 3 heteroatoms. The minimum atomic E-state index is -3.05. The molecule has 0 aliphatic heterocycles. The van der Waals surface area contributed by atoms with Gasteiger partial charge < -0.3 is 9.13 Å². The fourth-order valence-corrected chi connectivity index (χ4v) is 15.5. The summed E-state index contributed by atoms with van der Waals surface area (Å²) in [7, 11) is -3.05. The number of hydrogen-bond donors (Lipinski definition) is 0. The SMILES string of the molecule is c1ccc(-c2ccccc2-n2c3ccccc3c3cccc(-n4c5c(-c6ccccc6)cccc5c5cccc([Si](c6ccccc6)(c6ccccc6)c6ccccc6)c54)c32)cc1. The standard InChI is InChI=1S/C60H42N2Si/c1-6-23-43(24-7-1)48-33-16-18-39-54(48)61-55-40-19-17-34-50(55)51-37-21-41-56(59(51)61)62-58-49(44-25-8-2-9-26-44)35-20-36-52(58)53-38-22-42-57(60(53)62)63(45-27-10-3-11-28-45,46-29-12-4-13-30-46)47-31-14-5-15-32-47/h1-42H. The lowest BCUT2D eigenvalue weighted by Crippen LogP contribution is -2.75. The third kappa shape index (κ3) is 5.71. The zero-order valence-electron chi connectivity index (χ0n) is 34.6. The second-order valence-corrected chi connectivity index (χ2v) is 20.1. The van der Waals surface area contributed by atoms with Gasteiger partial charge in [-0.2, -0.15) is 0 Å². The van der Waals surface area contributed by atoms with Crippen molar-refractivity contribution in [3.63, 3.8) is 0 Å². The number of nitrogens with zero attached hydrogens (tertiary/aromatic N) is 2. The van der Waals surface area contributed by atoms with E-state index in [0.717, 1.165) is 11.4 Å². The van der Waals surface area contributed by atoms with E-state index in [-0.39, 0.29) is 0 Å². The van der Waals surface area contributed by atoms with Crippen LogP contribution in [0.3, 0.4) is 0 Å². The molecule has 2 heterocycles. The molecule has 0 fully saturated rings. The fraction of sp³-hybridized carbons (Fsp3) is 0. The van der Waals surface area contributed by atoms with Gasteiger partial charge in [0.1, 0.15) is 0 Å². The van der Waals surface area contributed by atoms with Crippen LogP contribution >= 0.6 is 0 Å². The van der Waals surface area contributed by atoms with Crippen molar-refractivity contribution in [1.29, 1.82) is 0 Å². The van der Waals surface area contributed by atoms with E-state index in [0.29, 0.717) is 0 Å². The minimum absolute atomic E-state index is 1.14. The van der Waals surface area contributed by atoms with Crippen molar-refractivity contribution in [2.24, 2.45) is 0 Å². The van der Waals surface area contributed by atoms with E-state index in [4.69, 9.17) is 0 Å². The van der Waals surface area contributed by atoms with Gasteiger partial charge in [0.15, 0.2) is 8.07 Å².